The number of ether oxygens (including phenoxy) is 4. The second-order valence-corrected chi connectivity index (χ2v) is 12.3. The third-order valence-electron chi connectivity index (χ3n) is 9.23. The van der Waals surface area contributed by atoms with Crippen LogP contribution in [0.15, 0.2) is 122 Å². The molecule has 11 nitrogen and oxygen atoms in total. The summed E-state index contributed by atoms with van der Waals surface area (Å²) in [4.78, 5) is 25.8. The molecule has 1 amide bonds. The zero-order valence-electron chi connectivity index (χ0n) is 28.1. The van der Waals surface area contributed by atoms with Gasteiger partial charge in [-0.3, -0.25) is 9.36 Å². The molecule has 51 heavy (non-hydrogen) atoms. The van der Waals surface area contributed by atoms with Gasteiger partial charge in [-0.15, -0.1) is 0 Å². The fourth-order valence-electron chi connectivity index (χ4n) is 6.52. The first-order chi connectivity index (χ1) is 24.8. The number of methoxy groups -OCH3 is 2. The van der Waals surface area contributed by atoms with Crippen LogP contribution in [0.1, 0.15) is 40.2 Å². The first-order valence-electron chi connectivity index (χ1n) is 16.3. The molecule has 6 aromatic rings. The summed E-state index contributed by atoms with van der Waals surface area (Å²) in [5, 5.41) is 14.2. The van der Waals surface area contributed by atoms with E-state index in [0.29, 0.717) is 17.1 Å². The Bertz CT molecular complexity index is 2060. The molecular formula is C39H36FN5O6. The van der Waals surface area contributed by atoms with Gasteiger partial charge < -0.3 is 29.4 Å². The van der Waals surface area contributed by atoms with Crippen LogP contribution >= 0.6 is 0 Å². The van der Waals surface area contributed by atoms with Gasteiger partial charge in [-0.05, 0) is 60.0 Å². The quantitative estimate of drug-likeness (QED) is 0.155. The maximum Gasteiger partial charge on any atom is 0.256 e. The minimum atomic E-state index is -2.30. The Hall–Kier alpha value is -5.69. The number of hydrogen-bond acceptors (Lipinski definition) is 9. The van der Waals surface area contributed by atoms with Crippen molar-refractivity contribution in [3.8, 4) is 11.5 Å². The number of aliphatic hydroxyl groups excluding tert-OH is 1. The van der Waals surface area contributed by atoms with Crippen molar-refractivity contribution in [2.45, 2.75) is 36.6 Å². The molecule has 0 unspecified atom stereocenters. The summed E-state index contributed by atoms with van der Waals surface area (Å²) in [6.07, 6.45) is -1.44. The van der Waals surface area contributed by atoms with E-state index in [1.807, 2.05) is 84.9 Å². The van der Waals surface area contributed by atoms with E-state index in [9.17, 15) is 9.90 Å². The van der Waals surface area contributed by atoms with E-state index >= 15 is 4.39 Å². The molecule has 3 heterocycles. The third-order valence-corrected chi connectivity index (χ3v) is 9.23. The molecular weight excluding hydrogens is 653 g/mol. The zero-order chi connectivity index (χ0) is 35.6. The van der Waals surface area contributed by atoms with Crippen LogP contribution in [0.2, 0.25) is 0 Å². The van der Waals surface area contributed by atoms with Gasteiger partial charge in [0.15, 0.2) is 28.9 Å². The van der Waals surface area contributed by atoms with Gasteiger partial charge in [0, 0.05) is 5.56 Å². The smallest absolute Gasteiger partial charge is 0.256 e. The fraction of sp³-hybridized carbons (Fsp3) is 0.231. The number of carbonyl (C=O) groups is 1. The highest BCUT2D eigenvalue weighted by atomic mass is 19.1. The predicted octanol–water partition coefficient (Wildman–Crippen LogP) is 6.09. The summed E-state index contributed by atoms with van der Waals surface area (Å²) >= 11 is 0. The third kappa shape index (κ3) is 6.18. The Morgan fingerprint density at radius 1 is 0.863 bits per heavy atom. The normalized spacial score (nSPS) is 20.3. The maximum atomic E-state index is 16.7. The first-order valence-corrected chi connectivity index (χ1v) is 16.3. The van der Waals surface area contributed by atoms with Crippen LogP contribution in [0, 0.1) is 0 Å². The number of nitrogens with zero attached hydrogens (tertiary/aromatic N) is 4. The van der Waals surface area contributed by atoms with E-state index in [-0.39, 0.29) is 29.5 Å². The molecule has 4 aromatic carbocycles. The summed E-state index contributed by atoms with van der Waals surface area (Å²) < 4.78 is 42.2. The summed E-state index contributed by atoms with van der Waals surface area (Å²) in [7, 11) is 3.19. The van der Waals surface area contributed by atoms with Crippen LogP contribution in [-0.4, -0.2) is 69.2 Å². The largest absolute Gasteiger partial charge is 0.497 e. The van der Waals surface area contributed by atoms with Gasteiger partial charge in [-0.25, -0.2) is 19.3 Å². The van der Waals surface area contributed by atoms with Gasteiger partial charge in [0.05, 0.1) is 27.2 Å². The van der Waals surface area contributed by atoms with E-state index in [4.69, 9.17) is 18.9 Å². The van der Waals surface area contributed by atoms with Gasteiger partial charge in [0.25, 0.3) is 5.91 Å². The lowest BCUT2D eigenvalue weighted by atomic mass is 9.80. The lowest BCUT2D eigenvalue weighted by Gasteiger charge is -2.37. The topological polar surface area (TPSA) is 130 Å². The average Bonchev–Trinajstić information content (AvgIpc) is 3.70. The maximum absolute atomic E-state index is 16.7. The molecule has 2 aromatic heterocycles. The Morgan fingerprint density at radius 2 is 1.43 bits per heavy atom. The molecule has 0 bridgehead atoms. The number of amides is 1. The molecule has 1 fully saturated rings. The van der Waals surface area contributed by atoms with Gasteiger partial charge in [0.2, 0.25) is 0 Å². The van der Waals surface area contributed by atoms with Crippen molar-refractivity contribution in [2.24, 2.45) is 0 Å². The van der Waals surface area contributed by atoms with E-state index in [1.165, 1.54) is 24.1 Å². The van der Waals surface area contributed by atoms with Crippen LogP contribution in [0.5, 0.6) is 11.5 Å². The fourth-order valence-corrected chi connectivity index (χ4v) is 6.52. The van der Waals surface area contributed by atoms with E-state index < -0.39 is 29.7 Å². The highest BCUT2D eigenvalue weighted by Crippen LogP contribution is 2.46. The first kappa shape index (κ1) is 33.8. The number of carbonyl (C=O) groups excluding carboxylic acids is 1. The molecule has 4 atom stereocenters. The second kappa shape index (κ2) is 13.9. The SMILES string of the molecule is COc1ccc(C(OC[C@H]2O[C@@H](n3cnc4c(NC(=O)c5ccccc5)ncnc43)[C@](C)(F)[C@@H]2O)(c2ccccc2)c2ccc(OC)cc2)cc1. The molecule has 1 aliphatic rings. The Morgan fingerprint density at radius 3 is 2.02 bits per heavy atom. The van der Waals surface area contributed by atoms with Gasteiger partial charge in [0.1, 0.15) is 35.6 Å². The lowest BCUT2D eigenvalue weighted by molar-refractivity contribution is -0.0949. The summed E-state index contributed by atoms with van der Waals surface area (Å²) in [6.45, 7) is 1.06. The van der Waals surface area contributed by atoms with Crippen molar-refractivity contribution < 1.29 is 33.2 Å². The van der Waals surface area contributed by atoms with Crippen LogP contribution < -0.4 is 14.8 Å². The minimum Gasteiger partial charge on any atom is -0.497 e. The van der Waals surface area contributed by atoms with Crippen molar-refractivity contribution in [3.05, 3.63) is 144 Å². The van der Waals surface area contributed by atoms with Gasteiger partial charge in [-0.2, -0.15) is 0 Å². The number of fused-ring (bicyclic) bond motifs is 1. The molecule has 0 radical (unpaired) electrons. The summed E-state index contributed by atoms with van der Waals surface area (Å²) in [5.74, 6) is 1.10. The summed E-state index contributed by atoms with van der Waals surface area (Å²) in [6, 6.07) is 33.3. The highest BCUT2D eigenvalue weighted by Gasteiger charge is 2.56. The number of rotatable bonds is 11. The Balaban J connectivity index is 1.22. The lowest BCUT2D eigenvalue weighted by Crippen LogP contribution is -2.42. The molecule has 12 heteroatoms. The van der Waals surface area contributed by atoms with Crippen molar-refractivity contribution in [1.29, 1.82) is 0 Å². The minimum absolute atomic E-state index is 0.151. The number of alkyl halides is 1. The number of anilines is 1. The van der Waals surface area contributed by atoms with E-state index in [1.54, 1.807) is 38.5 Å². The average molecular weight is 690 g/mol. The van der Waals surface area contributed by atoms with E-state index in [2.05, 4.69) is 20.3 Å². The number of nitrogens with one attached hydrogen (secondary N) is 1. The zero-order valence-corrected chi connectivity index (χ0v) is 28.1. The number of halogens is 1. The number of hydrogen-bond donors (Lipinski definition) is 2. The monoisotopic (exact) mass is 689 g/mol. The van der Waals surface area contributed by atoms with Crippen molar-refractivity contribution in [3.63, 3.8) is 0 Å². The molecule has 0 saturated carbocycles. The molecule has 1 aliphatic heterocycles. The van der Waals surface area contributed by atoms with Crippen molar-refractivity contribution >= 4 is 22.9 Å². The predicted molar refractivity (Wildman–Crippen MR) is 187 cm³/mol. The van der Waals surface area contributed by atoms with Gasteiger partial charge >= 0.3 is 0 Å². The number of imidazole rings is 1. The second-order valence-electron chi connectivity index (χ2n) is 12.3. The van der Waals surface area contributed by atoms with Crippen molar-refractivity contribution in [1.82, 2.24) is 19.5 Å². The highest BCUT2D eigenvalue weighted by molar-refractivity contribution is 6.06. The van der Waals surface area contributed by atoms with E-state index in [0.717, 1.165) is 16.7 Å². The number of aliphatic hydroxyl groups is 1. The molecule has 0 spiro atoms. The molecule has 260 valence electrons. The van der Waals surface area contributed by atoms with Crippen LogP contribution in [0.25, 0.3) is 11.2 Å². The Kier molecular flexibility index (Phi) is 9.21. The standard InChI is InChI=1S/C39H36FN5O6/c1-38(40)33(46)31(51-37(38)45-24-43-32-34(41-23-42-35(32)45)44-36(47)25-10-6-4-7-11-25)22-50-39(26-12-8-5-9-13-26,27-14-18-29(48-2)19-15-27)28-16-20-30(49-3)21-17-28/h4-21,23-24,31,33,37,46H,22H2,1-3H3,(H,41,42,44,47)/t31-,33-,37-,38-/m1/s1. The Labute approximate surface area is 293 Å². The molecule has 1 saturated heterocycles. The van der Waals surface area contributed by atoms with Crippen LogP contribution in [-0.2, 0) is 15.1 Å². The van der Waals surface area contributed by atoms with Crippen molar-refractivity contribution in [2.75, 3.05) is 26.1 Å². The summed E-state index contributed by atoms with van der Waals surface area (Å²) in [5.41, 5.74) is -0.285. The van der Waals surface area contributed by atoms with Crippen LogP contribution in [0.3, 0.4) is 0 Å². The number of benzene rings is 4. The number of aromatic nitrogens is 4. The van der Waals surface area contributed by atoms with Gasteiger partial charge in [-0.1, -0.05) is 72.8 Å². The van der Waals surface area contributed by atoms with Crippen LogP contribution in [0.4, 0.5) is 10.2 Å². The molecule has 0 aliphatic carbocycles. The molecule has 2 N–H and O–H groups in total. The molecule has 7 rings (SSSR count).